The Morgan fingerprint density at radius 1 is 1.31 bits per heavy atom. The van der Waals surface area contributed by atoms with Crippen LogP contribution in [0.5, 0.6) is 0 Å². The van der Waals surface area contributed by atoms with Crippen LogP contribution in [0.25, 0.3) is 0 Å². The number of hydrogen-bond acceptors (Lipinski definition) is 5. The molecule has 1 aliphatic heterocycles. The average Bonchev–Trinajstić information content (AvgIpc) is 3.41. The molecule has 0 bridgehead atoms. The Kier molecular flexibility index (Phi) is 4.63. The number of likely N-dealkylation sites (tertiary alicyclic amines) is 1. The first-order valence-corrected chi connectivity index (χ1v) is 9.37. The van der Waals surface area contributed by atoms with Crippen LogP contribution in [-0.2, 0) is 7.05 Å². The Morgan fingerprint density at radius 3 is 2.85 bits per heavy atom. The molecular weight excluding hydrogens is 328 g/mol. The molecule has 4 rings (SSSR count). The lowest BCUT2D eigenvalue weighted by atomic mass is 9.86. The third kappa shape index (κ3) is 3.44. The topological polar surface area (TPSA) is 89.1 Å². The third-order valence-electron chi connectivity index (χ3n) is 5.55. The first-order valence-electron chi connectivity index (χ1n) is 9.37. The number of carbonyl (C=O) groups excluding carboxylic acids is 1. The summed E-state index contributed by atoms with van der Waals surface area (Å²) in [6, 6.07) is 6.86. The fourth-order valence-corrected chi connectivity index (χ4v) is 4.14. The molecule has 2 atom stereocenters. The van der Waals surface area contributed by atoms with E-state index < -0.39 is 5.91 Å². The molecule has 0 unspecified atom stereocenters. The van der Waals surface area contributed by atoms with Crippen molar-refractivity contribution in [2.75, 3.05) is 18.4 Å². The van der Waals surface area contributed by atoms with Crippen molar-refractivity contribution in [3.8, 4) is 0 Å². The van der Waals surface area contributed by atoms with E-state index in [1.807, 2.05) is 24.0 Å². The van der Waals surface area contributed by atoms with Crippen molar-refractivity contribution in [1.29, 1.82) is 0 Å². The van der Waals surface area contributed by atoms with Gasteiger partial charge in [0.1, 0.15) is 5.69 Å². The van der Waals surface area contributed by atoms with Gasteiger partial charge in [-0.25, -0.2) is 0 Å². The summed E-state index contributed by atoms with van der Waals surface area (Å²) in [4.78, 5) is 18.0. The van der Waals surface area contributed by atoms with Gasteiger partial charge in [0.2, 0.25) is 0 Å². The fourth-order valence-electron chi connectivity index (χ4n) is 4.14. The minimum atomic E-state index is -0.501. The van der Waals surface area contributed by atoms with Crippen LogP contribution in [0, 0.1) is 5.92 Å². The van der Waals surface area contributed by atoms with E-state index in [0.717, 1.165) is 24.8 Å². The van der Waals surface area contributed by atoms with Crippen LogP contribution in [0.15, 0.2) is 30.6 Å². The number of hydrogen-bond donors (Lipinski definition) is 2. The number of pyridine rings is 1. The molecule has 0 spiro atoms. The van der Waals surface area contributed by atoms with Gasteiger partial charge in [0, 0.05) is 37.7 Å². The maximum atomic E-state index is 11.3. The molecule has 1 saturated heterocycles. The molecule has 0 aromatic carbocycles. The molecular formula is C19H26N6O. The van der Waals surface area contributed by atoms with E-state index in [9.17, 15) is 4.79 Å². The minimum Gasteiger partial charge on any atom is -0.385 e. The molecule has 0 radical (unpaired) electrons. The Bertz CT molecular complexity index is 784. The summed E-state index contributed by atoms with van der Waals surface area (Å²) in [5, 5.41) is 7.90. The predicted octanol–water partition coefficient (Wildman–Crippen LogP) is 1.94. The van der Waals surface area contributed by atoms with Gasteiger partial charge in [-0.05, 0) is 56.3 Å². The Balaban J connectivity index is 1.52. The molecule has 7 heteroatoms. The van der Waals surface area contributed by atoms with E-state index in [1.54, 1.807) is 12.3 Å². The lowest BCUT2D eigenvalue weighted by Crippen LogP contribution is -2.43. The van der Waals surface area contributed by atoms with Crippen molar-refractivity contribution in [2.45, 2.75) is 37.8 Å². The number of amides is 1. The SMILES string of the molecule is Cn1nccc1[C@H]1[C@H](CNc2ccnc(C(N)=O)c2)CCCN1C1CC1. The van der Waals surface area contributed by atoms with Crippen LogP contribution in [0.1, 0.15) is 47.9 Å². The zero-order valence-electron chi connectivity index (χ0n) is 15.1. The monoisotopic (exact) mass is 354 g/mol. The van der Waals surface area contributed by atoms with Gasteiger partial charge in [0.05, 0.1) is 11.7 Å². The Labute approximate surface area is 153 Å². The molecule has 1 amide bonds. The van der Waals surface area contributed by atoms with Crippen molar-refractivity contribution >= 4 is 11.6 Å². The largest absolute Gasteiger partial charge is 0.385 e. The Hall–Kier alpha value is -2.41. The van der Waals surface area contributed by atoms with E-state index in [1.165, 1.54) is 31.4 Å². The first-order chi connectivity index (χ1) is 12.6. The maximum absolute atomic E-state index is 11.3. The predicted molar refractivity (Wildman–Crippen MR) is 99.6 cm³/mol. The number of aryl methyl sites for hydroxylation is 1. The highest BCUT2D eigenvalue weighted by Crippen LogP contribution is 2.42. The van der Waals surface area contributed by atoms with Gasteiger partial charge in [-0.1, -0.05) is 0 Å². The molecule has 2 fully saturated rings. The van der Waals surface area contributed by atoms with Gasteiger partial charge in [-0.2, -0.15) is 5.10 Å². The number of piperidine rings is 1. The highest BCUT2D eigenvalue weighted by atomic mass is 16.1. The summed E-state index contributed by atoms with van der Waals surface area (Å²) in [5.41, 5.74) is 7.81. The van der Waals surface area contributed by atoms with E-state index in [0.29, 0.717) is 17.7 Å². The quantitative estimate of drug-likeness (QED) is 0.827. The molecule has 26 heavy (non-hydrogen) atoms. The number of nitrogens with zero attached hydrogens (tertiary/aromatic N) is 4. The molecule has 138 valence electrons. The van der Waals surface area contributed by atoms with E-state index >= 15 is 0 Å². The number of nitrogens with one attached hydrogen (secondary N) is 1. The van der Waals surface area contributed by atoms with Gasteiger partial charge in [0.25, 0.3) is 5.91 Å². The van der Waals surface area contributed by atoms with Crippen LogP contribution in [-0.4, -0.2) is 44.7 Å². The molecule has 2 aromatic rings. The summed E-state index contributed by atoms with van der Waals surface area (Å²) in [5.74, 6) is -0.0103. The summed E-state index contributed by atoms with van der Waals surface area (Å²) >= 11 is 0. The zero-order chi connectivity index (χ0) is 18.1. The van der Waals surface area contributed by atoms with Gasteiger partial charge >= 0.3 is 0 Å². The second kappa shape index (κ2) is 7.07. The van der Waals surface area contributed by atoms with Gasteiger partial charge in [-0.15, -0.1) is 0 Å². The average molecular weight is 354 g/mol. The number of primary amides is 1. The van der Waals surface area contributed by atoms with Crippen molar-refractivity contribution in [1.82, 2.24) is 19.7 Å². The van der Waals surface area contributed by atoms with Crippen molar-refractivity contribution in [3.63, 3.8) is 0 Å². The highest BCUT2D eigenvalue weighted by molar-refractivity contribution is 5.91. The molecule has 1 aliphatic carbocycles. The standard InChI is InChI=1S/C19H26N6O/c1-24-17(7-9-23-24)18-13(3-2-10-25(18)15-4-5-15)12-22-14-6-8-21-16(11-14)19(20)26/h6-9,11,13,15,18H,2-5,10,12H2,1H3,(H2,20,26)(H,21,22)/t13-,18+/m0/s1. The molecule has 7 nitrogen and oxygen atoms in total. The van der Waals surface area contributed by atoms with Crippen molar-refractivity contribution in [3.05, 3.63) is 42.0 Å². The van der Waals surface area contributed by atoms with Crippen molar-refractivity contribution in [2.24, 2.45) is 18.7 Å². The Morgan fingerprint density at radius 2 is 2.15 bits per heavy atom. The molecule has 1 saturated carbocycles. The minimum absolute atomic E-state index is 0.293. The fraction of sp³-hybridized carbons (Fsp3) is 0.526. The summed E-state index contributed by atoms with van der Waals surface area (Å²) in [6.07, 6.45) is 8.53. The zero-order valence-corrected chi connectivity index (χ0v) is 15.1. The van der Waals surface area contributed by atoms with E-state index in [4.69, 9.17) is 5.73 Å². The summed E-state index contributed by atoms with van der Waals surface area (Å²) < 4.78 is 2.01. The third-order valence-corrected chi connectivity index (χ3v) is 5.55. The molecule has 3 heterocycles. The van der Waals surface area contributed by atoms with Crippen molar-refractivity contribution < 1.29 is 4.79 Å². The molecule has 2 aromatic heterocycles. The summed E-state index contributed by atoms with van der Waals surface area (Å²) in [7, 11) is 2.03. The smallest absolute Gasteiger partial charge is 0.267 e. The van der Waals surface area contributed by atoms with Crippen LogP contribution < -0.4 is 11.1 Å². The second-order valence-electron chi connectivity index (χ2n) is 7.37. The maximum Gasteiger partial charge on any atom is 0.267 e. The van der Waals surface area contributed by atoms with Crippen LogP contribution in [0.4, 0.5) is 5.69 Å². The molecule has 2 aliphatic rings. The molecule has 3 N–H and O–H groups in total. The number of anilines is 1. The lowest BCUT2D eigenvalue weighted by Gasteiger charge is -2.42. The normalized spacial score (nSPS) is 23.7. The number of carbonyl (C=O) groups is 1. The number of nitrogens with two attached hydrogens (primary N) is 1. The van der Waals surface area contributed by atoms with Gasteiger partial charge in [-0.3, -0.25) is 19.4 Å². The van der Waals surface area contributed by atoms with E-state index in [2.05, 4.69) is 26.4 Å². The second-order valence-corrected chi connectivity index (χ2v) is 7.37. The van der Waals surface area contributed by atoms with Gasteiger partial charge in [0.15, 0.2) is 0 Å². The lowest BCUT2D eigenvalue weighted by molar-refractivity contribution is 0.0841. The highest BCUT2D eigenvalue weighted by Gasteiger charge is 2.41. The van der Waals surface area contributed by atoms with Crippen LogP contribution in [0.2, 0.25) is 0 Å². The van der Waals surface area contributed by atoms with E-state index in [-0.39, 0.29) is 0 Å². The summed E-state index contributed by atoms with van der Waals surface area (Å²) in [6.45, 7) is 2.01. The van der Waals surface area contributed by atoms with Gasteiger partial charge < -0.3 is 11.1 Å². The number of rotatable bonds is 6. The van der Waals surface area contributed by atoms with Crippen LogP contribution >= 0.6 is 0 Å². The van der Waals surface area contributed by atoms with Crippen LogP contribution in [0.3, 0.4) is 0 Å². The first kappa shape index (κ1) is 17.0. The number of aromatic nitrogens is 3.